The van der Waals surface area contributed by atoms with Crippen LogP contribution < -0.4 is 16.6 Å². The molecule has 0 unspecified atom stereocenters. The van der Waals surface area contributed by atoms with Gasteiger partial charge >= 0.3 is 5.69 Å². The number of nitrogen functional groups attached to an aromatic ring is 1. The van der Waals surface area contributed by atoms with Crippen molar-refractivity contribution in [1.82, 2.24) is 10.1 Å². The van der Waals surface area contributed by atoms with E-state index in [2.05, 4.69) is 25.4 Å². The van der Waals surface area contributed by atoms with E-state index < -0.39 is 4.92 Å². The van der Waals surface area contributed by atoms with Crippen molar-refractivity contribution >= 4 is 17.1 Å². The topological polar surface area (TPSA) is 132 Å². The highest BCUT2D eigenvalue weighted by molar-refractivity contribution is 5.75. The van der Waals surface area contributed by atoms with E-state index in [0.29, 0.717) is 24.5 Å². The normalized spacial score (nSPS) is 10.2. The maximum atomic E-state index is 11.0. The Bertz CT molecular complexity index is 556. The number of nitrogens with two attached hydrogens (primary N) is 1. The molecule has 1 aromatic carbocycles. The minimum atomic E-state index is -0.494. The maximum Gasteiger partial charge on any atom is 0.316 e. The molecule has 0 radical (unpaired) electrons. The number of anilines is 2. The third-order valence-electron chi connectivity index (χ3n) is 2.45. The first-order chi connectivity index (χ1) is 9.22. The van der Waals surface area contributed by atoms with Gasteiger partial charge in [0.05, 0.1) is 4.92 Å². The van der Waals surface area contributed by atoms with Crippen molar-refractivity contribution in [3.05, 3.63) is 40.5 Å². The molecule has 0 aliphatic rings. The van der Waals surface area contributed by atoms with Crippen LogP contribution in [0.3, 0.4) is 0 Å². The standard InChI is InChI=1S/C10H12N6O3/c11-14-8-3-1-2-7(10(8)16(17)18)12-5-4-9-13-6-19-15-9/h1-3,6,12,14H,4-5,11H2. The predicted molar refractivity (Wildman–Crippen MR) is 67.4 cm³/mol. The van der Waals surface area contributed by atoms with Crippen LogP contribution in [-0.2, 0) is 6.42 Å². The van der Waals surface area contributed by atoms with E-state index in [0.717, 1.165) is 0 Å². The second kappa shape index (κ2) is 5.78. The average Bonchev–Trinajstić information content (AvgIpc) is 2.91. The quantitative estimate of drug-likeness (QED) is 0.398. The Hall–Kier alpha value is -2.68. The minimum Gasteiger partial charge on any atom is -0.379 e. The van der Waals surface area contributed by atoms with Crippen LogP contribution in [0.4, 0.5) is 17.1 Å². The molecule has 0 saturated heterocycles. The molecule has 0 fully saturated rings. The van der Waals surface area contributed by atoms with E-state index in [-0.39, 0.29) is 11.4 Å². The molecule has 0 aliphatic carbocycles. The SMILES string of the molecule is NNc1cccc(NCCc2ncon2)c1[N+](=O)[O-]. The van der Waals surface area contributed by atoms with Crippen LogP contribution in [-0.4, -0.2) is 21.6 Å². The molecule has 0 amide bonds. The summed E-state index contributed by atoms with van der Waals surface area (Å²) in [6.07, 6.45) is 1.73. The molecule has 19 heavy (non-hydrogen) atoms. The summed E-state index contributed by atoms with van der Waals surface area (Å²) in [5.74, 6) is 5.78. The molecular weight excluding hydrogens is 252 g/mol. The van der Waals surface area contributed by atoms with Crippen molar-refractivity contribution in [2.75, 3.05) is 17.3 Å². The number of nitro benzene ring substituents is 1. The highest BCUT2D eigenvalue weighted by Crippen LogP contribution is 2.31. The number of nitrogens with zero attached hydrogens (tertiary/aromatic N) is 3. The number of nitrogens with one attached hydrogen (secondary N) is 2. The van der Waals surface area contributed by atoms with E-state index in [1.807, 2.05) is 0 Å². The summed E-state index contributed by atoms with van der Waals surface area (Å²) in [7, 11) is 0. The molecule has 100 valence electrons. The lowest BCUT2D eigenvalue weighted by molar-refractivity contribution is -0.383. The molecule has 4 N–H and O–H groups in total. The Morgan fingerprint density at radius 2 is 2.21 bits per heavy atom. The van der Waals surface area contributed by atoms with Gasteiger partial charge in [0.25, 0.3) is 0 Å². The number of aromatic nitrogens is 2. The highest BCUT2D eigenvalue weighted by atomic mass is 16.6. The number of rotatable bonds is 6. The second-order valence-electron chi connectivity index (χ2n) is 3.63. The van der Waals surface area contributed by atoms with Crippen LogP contribution in [0.2, 0.25) is 0 Å². The fourth-order valence-corrected chi connectivity index (χ4v) is 1.61. The lowest BCUT2D eigenvalue weighted by atomic mass is 10.2. The van der Waals surface area contributed by atoms with Crippen LogP contribution in [0.1, 0.15) is 5.82 Å². The largest absolute Gasteiger partial charge is 0.379 e. The summed E-state index contributed by atoms with van der Waals surface area (Å²) in [5.41, 5.74) is 2.82. The Balaban J connectivity index is 2.09. The van der Waals surface area contributed by atoms with Crippen LogP contribution in [0.15, 0.2) is 29.1 Å². The van der Waals surface area contributed by atoms with Gasteiger partial charge < -0.3 is 15.3 Å². The van der Waals surface area contributed by atoms with Crippen LogP contribution >= 0.6 is 0 Å². The Morgan fingerprint density at radius 1 is 1.42 bits per heavy atom. The second-order valence-corrected chi connectivity index (χ2v) is 3.63. The highest BCUT2D eigenvalue weighted by Gasteiger charge is 2.18. The molecule has 0 aliphatic heterocycles. The zero-order valence-corrected chi connectivity index (χ0v) is 9.87. The lowest BCUT2D eigenvalue weighted by Crippen LogP contribution is -2.12. The zero-order chi connectivity index (χ0) is 13.7. The number of para-hydroxylation sites is 1. The Kier molecular flexibility index (Phi) is 3.88. The average molecular weight is 264 g/mol. The summed E-state index contributed by atoms with van der Waals surface area (Å²) in [4.78, 5) is 14.4. The summed E-state index contributed by atoms with van der Waals surface area (Å²) >= 11 is 0. The summed E-state index contributed by atoms with van der Waals surface area (Å²) in [5, 5.41) is 17.6. The van der Waals surface area contributed by atoms with E-state index in [4.69, 9.17) is 5.84 Å². The number of hydrogen-bond donors (Lipinski definition) is 3. The van der Waals surface area contributed by atoms with Crippen molar-refractivity contribution < 1.29 is 9.45 Å². The van der Waals surface area contributed by atoms with Gasteiger partial charge in [-0.15, -0.1) is 0 Å². The third kappa shape index (κ3) is 2.96. The molecular formula is C10H12N6O3. The maximum absolute atomic E-state index is 11.0. The van der Waals surface area contributed by atoms with E-state index in [9.17, 15) is 10.1 Å². The smallest absolute Gasteiger partial charge is 0.316 e. The van der Waals surface area contributed by atoms with Gasteiger partial charge in [-0.3, -0.25) is 16.0 Å². The molecule has 9 heteroatoms. The van der Waals surface area contributed by atoms with Crippen LogP contribution in [0.25, 0.3) is 0 Å². The fraction of sp³-hybridized carbons (Fsp3) is 0.200. The fourth-order valence-electron chi connectivity index (χ4n) is 1.61. The van der Waals surface area contributed by atoms with Gasteiger partial charge in [0, 0.05) is 13.0 Å². The van der Waals surface area contributed by atoms with Gasteiger partial charge in [0.1, 0.15) is 11.4 Å². The van der Waals surface area contributed by atoms with Gasteiger partial charge in [-0.1, -0.05) is 11.2 Å². The molecule has 9 nitrogen and oxygen atoms in total. The van der Waals surface area contributed by atoms with Gasteiger partial charge in [-0.25, -0.2) is 0 Å². The Labute approximate surface area is 107 Å². The monoisotopic (exact) mass is 264 g/mol. The minimum absolute atomic E-state index is 0.0990. The number of nitro groups is 1. The Morgan fingerprint density at radius 3 is 2.84 bits per heavy atom. The van der Waals surface area contributed by atoms with E-state index in [1.54, 1.807) is 12.1 Å². The van der Waals surface area contributed by atoms with Crippen molar-refractivity contribution in [1.29, 1.82) is 0 Å². The molecule has 2 aromatic rings. The number of hydrazine groups is 1. The summed E-state index contributed by atoms with van der Waals surface area (Å²) < 4.78 is 4.59. The number of benzene rings is 1. The molecule has 1 aromatic heterocycles. The van der Waals surface area contributed by atoms with E-state index in [1.165, 1.54) is 12.5 Å². The molecule has 0 bridgehead atoms. The molecule has 0 spiro atoms. The van der Waals surface area contributed by atoms with Gasteiger partial charge in [-0.05, 0) is 12.1 Å². The number of hydrogen-bond acceptors (Lipinski definition) is 8. The molecule has 0 saturated carbocycles. The third-order valence-corrected chi connectivity index (χ3v) is 2.45. The first-order valence-electron chi connectivity index (χ1n) is 5.45. The van der Waals surface area contributed by atoms with Crippen LogP contribution in [0, 0.1) is 10.1 Å². The molecule has 1 heterocycles. The van der Waals surface area contributed by atoms with E-state index >= 15 is 0 Å². The predicted octanol–water partition coefficient (Wildman–Crippen LogP) is 0.918. The first kappa shape index (κ1) is 12.8. The van der Waals surface area contributed by atoms with Crippen molar-refractivity contribution in [3.8, 4) is 0 Å². The van der Waals surface area contributed by atoms with Gasteiger partial charge in [-0.2, -0.15) is 4.98 Å². The van der Waals surface area contributed by atoms with Crippen molar-refractivity contribution in [2.24, 2.45) is 5.84 Å². The molecule has 2 rings (SSSR count). The van der Waals surface area contributed by atoms with Crippen LogP contribution in [0.5, 0.6) is 0 Å². The van der Waals surface area contributed by atoms with Crippen molar-refractivity contribution in [2.45, 2.75) is 6.42 Å². The van der Waals surface area contributed by atoms with Gasteiger partial charge in [0.2, 0.25) is 6.39 Å². The zero-order valence-electron chi connectivity index (χ0n) is 9.87. The molecule has 0 atom stereocenters. The summed E-state index contributed by atoms with van der Waals surface area (Å²) in [6, 6.07) is 4.80. The summed E-state index contributed by atoms with van der Waals surface area (Å²) in [6.45, 7) is 0.439. The van der Waals surface area contributed by atoms with Crippen molar-refractivity contribution in [3.63, 3.8) is 0 Å². The van der Waals surface area contributed by atoms with Gasteiger partial charge in [0.15, 0.2) is 5.82 Å². The first-order valence-corrected chi connectivity index (χ1v) is 5.45. The lowest BCUT2D eigenvalue weighted by Gasteiger charge is -2.08.